The Bertz CT molecular complexity index is 531. The third-order valence-corrected chi connectivity index (χ3v) is 3.99. The summed E-state index contributed by atoms with van der Waals surface area (Å²) < 4.78 is 0.938. The van der Waals surface area contributed by atoms with E-state index in [1.807, 2.05) is 24.3 Å². The molecular formula is C14H12BrNOS. The number of thioether (sulfide) groups is 1. The van der Waals surface area contributed by atoms with Crippen LogP contribution in [0.5, 0.6) is 0 Å². The summed E-state index contributed by atoms with van der Waals surface area (Å²) in [5.74, 6) is 0.880. The molecule has 0 N–H and O–H groups in total. The Kier molecular flexibility index (Phi) is 4.96. The van der Waals surface area contributed by atoms with Gasteiger partial charge in [0.1, 0.15) is 6.29 Å². The second-order valence-electron chi connectivity index (χ2n) is 3.74. The number of carbonyl (C=O) groups is 1. The maximum atomic E-state index is 10.6. The van der Waals surface area contributed by atoms with Gasteiger partial charge in [0.25, 0.3) is 0 Å². The van der Waals surface area contributed by atoms with E-state index in [0.717, 1.165) is 27.1 Å². The van der Waals surface area contributed by atoms with Crippen LogP contribution in [-0.2, 0) is 17.0 Å². The van der Waals surface area contributed by atoms with Gasteiger partial charge in [0.05, 0.1) is 5.69 Å². The van der Waals surface area contributed by atoms with Gasteiger partial charge in [-0.3, -0.25) is 4.98 Å². The zero-order chi connectivity index (χ0) is 12.8. The molecule has 2 aromatic rings. The molecular weight excluding hydrogens is 310 g/mol. The molecule has 0 aliphatic carbocycles. The first-order valence-electron chi connectivity index (χ1n) is 5.54. The third-order valence-electron chi connectivity index (χ3n) is 2.41. The van der Waals surface area contributed by atoms with Crippen molar-refractivity contribution in [1.29, 1.82) is 0 Å². The van der Waals surface area contributed by atoms with Crippen molar-refractivity contribution in [2.45, 2.75) is 17.1 Å². The summed E-state index contributed by atoms with van der Waals surface area (Å²) in [6.07, 6.45) is 2.98. The van der Waals surface area contributed by atoms with Gasteiger partial charge in [0.15, 0.2) is 0 Å². The fourth-order valence-electron chi connectivity index (χ4n) is 1.54. The number of hydrogen-bond acceptors (Lipinski definition) is 3. The van der Waals surface area contributed by atoms with Gasteiger partial charge in [-0.2, -0.15) is 0 Å². The molecule has 18 heavy (non-hydrogen) atoms. The van der Waals surface area contributed by atoms with Crippen LogP contribution in [0.15, 0.2) is 52.0 Å². The molecule has 0 amide bonds. The molecule has 0 unspecified atom stereocenters. The summed E-state index contributed by atoms with van der Waals surface area (Å²) in [4.78, 5) is 16.0. The topological polar surface area (TPSA) is 30.0 Å². The molecule has 0 radical (unpaired) electrons. The first kappa shape index (κ1) is 13.3. The molecule has 1 aromatic heterocycles. The third kappa shape index (κ3) is 3.68. The van der Waals surface area contributed by atoms with Crippen molar-refractivity contribution >= 4 is 34.0 Å². The number of nitrogens with zero attached hydrogens (tertiary/aromatic N) is 1. The van der Waals surface area contributed by atoms with E-state index in [4.69, 9.17) is 0 Å². The molecule has 0 bridgehead atoms. The molecule has 4 heteroatoms. The Morgan fingerprint density at radius 1 is 1.28 bits per heavy atom. The molecule has 0 aliphatic heterocycles. The predicted octanol–water partition coefficient (Wildman–Crippen LogP) is 3.88. The summed E-state index contributed by atoms with van der Waals surface area (Å²) in [7, 11) is 0. The highest BCUT2D eigenvalue weighted by molar-refractivity contribution is 9.10. The minimum absolute atomic E-state index is 0.365. The van der Waals surface area contributed by atoms with Crippen LogP contribution in [0, 0.1) is 0 Å². The minimum Gasteiger partial charge on any atom is -0.303 e. The molecule has 0 spiro atoms. The smallest absolute Gasteiger partial charge is 0.125 e. The second-order valence-corrected chi connectivity index (χ2v) is 5.68. The van der Waals surface area contributed by atoms with Crippen molar-refractivity contribution in [2.24, 2.45) is 0 Å². The highest BCUT2D eigenvalue weighted by Crippen LogP contribution is 2.27. The second kappa shape index (κ2) is 6.71. The number of aldehydes is 1. The van der Waals surface area contributed by atoms with Crippen LogP contribution in [0.1, 0.15) is 11.3 Å². The summed E-state index contributed by atoms with van der Waals surface area (Å²) >= 11 is 5.11. The van der Waals surface area contributed by atoms with Gasteiger partial charge in [0.2, 0.25) is 0 Å². The molecule has 0 aliphatic rings. The van der Waals surface area contributed by atoms with Crippen molar-refractivity contribution in [2.75, 3.05) is 0 Å². The van der Waals surface area contributed by atoms with E-state index in [0.29, 0.717) is 6.42 Å². The Morgan fingerprint density at radius 2 is 2.06 bits per heavy atom. The van der Waals surface area contributed by atoms with Crippen LogP contribution in [-0.4, -0.2) is 11.3 Å². The van der Waals surface area contributed by atoms with Crippen LogP contribution in [0.4, 0.5) is 0 Å². The van der Waals surface area contributed by atoms with E-state index < -0.39 is 0 Å². The number of aromatic nitrogens is 1. The van der Waals surface area contributed by atoms with Gasteiger partial charge >= 0.3 is 0 Å². The van der Waals surface area contributed by atoms with E-state index in [1.165, 1.54) is 5.56 Å². The Morgan fingerprint density at radius 3 is 2.78 bits per heavy atom. The van der Waals surface area contributed by atoms with E-state index in [2.05, 4.69) is 33.0 Å². The van der Waals surface area contributed by atoms with Crippen LogP contribution in [0.2, 0.25) is 0 Å². The lowest BCUT2D eigenvalue weighted by Crippen LogP contribution is -1.94. The lowest BCUT2D eigenvalue weighted by molar-refractivity contribution is -0.107. The number of rotatable bonds is 5. The maximum absolute atomic E-state index is 10.6. The normalized spacial score (nSPS) is 10.3. The van der Waals surface area contributed by atoms with Crippen LogP contribution >= 0.6 is 27.7 Å². The first-order chi connectivity index (χ1) is 8.79. The molecule has 0 atom stereocenters. The minimum atomic E-state index is 0.365. The summed E-state index contributed by atoms with van der Waals surface area (Å²) in [5, 5.41) is 0. The molecule has 2 nitrogen and oxygen atoms in total. The highest BCUT2D eigenvalue weighted by Gasteiger charge is 2.05. The molecule has 0 saturated heterocycles. The van der Waals surface area contributed by atoms with Gasteiger partial charge in [-0.1, -0.05) is 30.3 Å². The summed E-state index contributed by atoms with van der Waals surface area (Å²) in [6.45, 7) is 0. The van der Waals surface area contributed by atoms with Crippen LogP contribution < -0.4 is 0 Å². The van der Waals surface area contributed by atoms with Gasteiger partial charge < -0.3 is 4.79 Å². The number of benzene rings is 1. The lowest BCUT2D eigenvalue weighted by Gasteiger charge is -2.06. The SMILES string of the molecule is O=CCc1ncc(Br)cc1SCc1ccccc1. The molecule has 0 saturated carbocycles. The average molecular weight is 322 g/mol. The van der Waals surface area contributed by atoms with Gasteiger partial charge in [-0.05, 0) is 27.6 Å². The largest absolute Gasteiger partial charge is 0.303 e. The van der Waals surface area contributed by atoms with Crippen LogP contribution in [0.25, 0.3) is 0 Å². The molecule has 1 aromatic carbocycles. The van der Waals surface area contributed by atoms with E-state index >= 15 is 0 Å². The van der Waals surface area contributed by atoms with Crippen LogP contribution in [0.3, 0.4) is 0 Å². The Labute approximate surface area is 119 Å². The molecule has 0 fully saturated rings. The number of carbonyl (C=O) groups excluding carboxylic acids is 1. The summed E-state index contributed by atoms with van der Waals surface area (Å²) in [5.41, 5.74) is 2.11. The van der Waals surface area contributed by atoms with E-state index in [9.17, 15) is 4.79 Å². The van der Waals surface area contributed by atoms with E-state index in [1.54, 1.807) is 18.0 Å². The zero-order valence-corrected chi connectivity index (χ0v) is 12.1. The van der Waals surface area contributed by atoms with Gasteiger partial charge in [-0.15, -0.1) is 11.8 Å². The molecule has 1 heterocycles. The fraction of sp³-hybridized carbons (Fsp3) is 0.143. The van der Waals surface area contributed by atoms with Crippen molar-refractivity contribution in [3.8, 4) is 0 Å². The van der Waals surface area contributed by atoms with Gasteiger partial charge in [-0.25, -0.2) is 0 Å². The quantitative estimate of drug-likeness (QED) is 0.618. The number of pyridine rings is 1. The lowest BCUT2D eigenvalue weighted by atomic mass is 10.2. The van der Waals surface area contributed by atoms with Crippen molar-refractivity contribution in [3.63, 3.8) is 0 Å². The average Bonchev–Trinajstić information content (AvgIpc) is 2.40. The Hall–Kier alpha value is -1.13. The first-order valence-corrected chi connectivity index (χ1v) is 7.32. The highest BCUT2D eigenvalue weighted by atomic mass is 79.9. The predicted molar refractivity (Wildman–Crippen MR) is 77.7 cm³/mol. The maximum Gasteiger partial charge on any atom is 0.125 e. The zero-order valence-electron chi connectivity index (χ0n) is 9.67. The number of halogens is 1. The number of hydrogen-bond donors (Lipinski definition) is 0. The standard InChI is InChI=1S/C14H12BrNOS/c15-12-8-14(13(6-7-17)16-9-12)18-10-11-4-2-1-3-5-11/h1-5,7-9H,6,10H2. The monoisotopic (exact) mass is 321 g/mol. The Balaban J connectivity index is 2.12. The van der Waals surface area contributed by atoms with Crippen molar-refractivity contribution < 1.29 is 4.79 Å². The summed E-state index contributed by atoms with van der Waals surface area (Å²) in [6, 6.07) is 12.3. The van der Waals surface area contributed by atoms with Gasteiger partial charge in [0, 0.05) is 27.7 Å². The van der Waals surface area contributed by atoms with Crippen molar-refractivity contribution in [1.82, 2.24) is 4.98 Å². The molecule has 2 rings (SSSR count). The van der Waals surface area contributed by atoms with E-state index in [-0.39, 0.29) is 0 Å². The molecule has 92 valence electrons. The van der Waals surface area contributed by atoms with Crippen molar-refractivity contribution in [3.05, 3.63) is 58.3 Å². The fourth-order valence-corrected chi connectivity index (χ4v) is 3.05.